The molecule has 0 aromatic carbocycles. The van der Waals surface area contributed by atoms with E-state index in [1.807, 2.05) is 0 Å². The van der Waals surface area contributed by atoms with Crippen molar-refractivity contribution in [1.82, 2.24) is 15.5 Å². The zero-order valence-corrected chi connectivity index (χ0v) is 9.67. The van der Waals surface area contributed by atoms with Gasteiger partial charge in [0.2, 0.25) is 0 Å². The summed E-state index contributed by atoms with van der Waals surface area (Å²) in [4.78, 5) is 2.40. The van der Waals surface area contributed by atoms with E-state index < -0.39 is 0 Å². The molecule has 0 aromatic rings. The van der Waals surface area contributed by atoms with Gasteiger partial charge in [0.05, 0.1) is 13.2 Å². The standard InChI is InChI=1S/C11H23N3O/c1-14-5-2-10(3-6-14)13-8-11-9-15-7-4-12-11/h10-13H,2-9H2,1H3. The summed E-state index contributed by atoms with van der Waals surface area (Å²) in [5.74, 6) is 0. The molecule has 0 aromatic heterocycles. The van der Waals surface area contributed by atoms with Crippen molar-refractivity contribution in [3.05, 3.63) is 0 Å². The van der Waals surface area contributed by atoms with Crippen LogP contribution in [0.5, 0.6) is 0 Å². The molecule has 0 spiro atoms. The fourth-order valence-corrected chi connectivity index (χ4v) is 2.27. The van der Waals surface area contributed by atoms with Gasteiger partial charge in [0, 0.05) is 25.2 Å². The molecule has 1 atom stereocenters. The van der Waals surface area contributed by atoms with Crippen molar-refractivity contribution in [3.63, 3.8) is 0 Å². The highest BCUT2D eigenvalue weighted by atomic mass is 16.5. The Morgan fingerprint density at radius 2 is 2.20 bits per heavy atom. The average molecular weight is 213 g/mol. The monoisotopic (exact) mass is 213 g/mol. The molecule has 0 saturated carbocycles. The summed E-state index contributed by atoms with van der Waals surface area (Å²) in [6.45, 7) is 6.23. The van der Waals surface area contributed by atoms with Gasteiger partial charge in [-0.05, 0) is 33.0 Å². The van der Waals surface area contributed by atoms with Crippen LogP contribution in [0.25, 0.3) is 0 Å². The summed E-state index contributed by atoms with van der Waals surface area (Å²) in [5.41, 5.74) is 0. The molecular formula is C11H23N3O. The summed E-state index contributed by atoms with van der Waals surface area (Å²) in [5, 5.41) is 7.11. The van der Waals surface area contributed by atoms with Gasteiger partial charge in [0.15, 0.2) is 0 Å². The Kier molecular flexibility index (Phi) is 4.38. The van der Waals surface area contributed by atoms with E-state index in [0.717, 1.165) is 26.3 Å². The van der Waals surface area contributed by atoms with Gasteiger partial charge >= 0.3 is 0 Å². The maximum absolute atomic E-state index is 5.43. The molecule has 2 N–H and O–H groups in total. The van der Waals surface area contributed by atoms with Gasteiger partial charge in [-0.25, -0.2) is 0 Å². The second-order valence-electron chi connectivity index (χ2n) is 4.71. The van der Waals surface area contributed by atoms with Gasteiger partial charge in [-0.2, -0.15) is 0 Å². The van der Waals surface area contributed by atoms with E-state index >= 15 is 0 Å². The Labute approximate surface area is 92.4 Å². The van der Waals surface area contributed by atoms with E-state index in [-0.39, 0.29) is 0 Å². The average Bonchev–Trinajstić information content (AvgIpc) is 2.30. The molecule has 15 heavy (non-hydrogen) atoms. The van der Waals surface area contributed by atoms with Crippen molar-refractivity contribution < 1.29 is 4.74 Å². The van der Waals surface area contributed by atoms with Crippen LogP contribution < -0.4 is 10.6 Å². The minimum absolute atomic E-state index is 0.512. The van der Waals surface area contributed by atoms with Gasteiger partial charge in [-0.15, -0.1) is 0 Å². The third-order valence-electron chi connectivity index (χ3n) is 3.37. The molecular weight excluding hydrogens is 190 g/mol. The third kappa shape index (κ3) is 3.72. The molecule has 2 rings (SSSR count). The number of nitrogens with zero attached hydrogens (tertiary/aromatic N) is 1. The molecule has 2 saturated heterocycles. The van der Waals surface area contributed by atoms with Crippen LogP contribution in [-0.4, -0.2) is 63.4 Å². The Balaban J connectivity index is 1.60. The summed E-state index contributed by atoms with van der Waals surface area (Å²) in [7, 11) is 2.20. The molecule has 0 aliphatic carbocycles. The minimum Gasteiger partial charge on any atom is -0.378 e. The van der Waals surface area contributed by atoms with Crippen LogP contribution in [0, 0.1) is 0 Å². The molecule has 2 fully saturated rings. The van der Waals surface area contributed by atoms with Crippen LogP contribution in [0.2, 0.25) is 0 Å². The minimum atomic E-state index is 0.512. The van der Waals surface area contributed by atoms with Crippen LogP contribution in [0.1, 0.15) is 12.8 Å². The Bertz CT molecular complexity index is 175. The highest BCUT2D eigenvalue weighted by Gasteiger charge is 2.18. The number of hydrogen-bond acceptors (Lipinski definition) is 4. The normalized spacial score (nSPS) is 30.6. The molecule has 0 amide bonds. The Morgan fingerprint density at radius 1 is 1.40 bits per heavy atom. The molecule has 4 heteroatoms. The topological polar surface area (TPSA) is 36.5 Å². The highest BCUT2D eigenvalue weighted by molar-refractivity contribution is 4.79. The summed E-state index contributed by atoms with van der Waals surface area (Å²) < 4.78 is 5.43. The van der Waals surface area contributed by atoms with Crippen LogP contribution >= 0.6 is 0 Å². The largest absolute Gasteiger partial charge is 0.378 e. The Morgan fingerprint density at radius 3 is 2.87 bits per heavy atom. The lowest BCUT2D eigenvalue weighted by Crippen LogP contribution is -2.50. The number of rotatable bonds is 3. The van der Waals surface area contributed by atoms with Gasteiger partial charge in [0.1, 0.15) is 0 Å². The SMILES string of the molecule is CN1CCC(NCC2COCCN2)CC1. The summed E-state index contributed by atoms with van der Waals surface area (Å²) in [6, 6.07) is 1.23. The van der Waals surface area contributed by atoms with Gasteiger partial charge in [-0.1, -0.05) is 0 Å². The van der Waals surface area contributed by atoms with E-state index in [1.165, 1.54) is 25.9 Å². The number of ether oxygens (including phenoxy) is 1. The zero-order chi connectivity index (χ0) is 10.5. The second-order valence-corrected chi connectivity index (χ2v) is 4.71. The molecule has 0 radical (unpaired) electrons. The van der Waals surface area contributed by atoms with E-state index in [4.69, 9.17) is 4.74 Å². The smallest absolute Gasteiger partial charge is 0.0632 e. The molecule has 2 aliphatic heterocycles. The van der Waals surface area contributed by atoms with E-state index in [2.05, 4.69) is 22.6 Å². The van der Waals surface area contributed by atoms with E-state index in [9.17, 15) is 0 Å². The molecule has 1 unspecified atom stereocenters. The number of morpholine rings is 1. The predicted molar refractivity (Wildman–Crippen MR) is 61.1 cm³/mol. The van der Waals surface area contributed by atoms with E-state index in [1.54, 1.807) is 0 Å². The maximum Gasteiger partial charge on any atom is 0.0632 e. The number of nitrogens with one attached hydrogen (secondary N) is 2. The van der Waals surface area contributed by atoms with Gasteiger partial charge < -0.3 is 20.3 Å². The summed E-state index contributed by atoms with van der Waals surface area (Å²) in [6.07, 6.45) is 2.56. The maximum atomic E-state index is 5.43. The van der Waals surface area contributed by atoms with Gasteiger partial charge in [-0.3, -0.25) is 0 Å². The van der Waals surface area contributed by atoms with E-state index in [0.29, 0.717) is 12.1 Å². The van der Waals surface area contributed by atoms with Crippen molar-refractivity contribution in [1.29, 1.82) is 0 Å². The number of piperidine rings is 1. The van der Waals surface area contributed by atoms with Crippen LogP contribution in [0.3, 0.4) is 0 Å². The number of hydrogen-bond donors (Lipinski definition) is 2. The third-order valence-corrected chi connectivity index (χ3v) is 3.37. The highest BCUT2D eigenvalue weighted by Crippen LogP contribution is 2.08. The van der Waals surface area contributed by atoms with Crippen molar-refractivity contribution in [3.8, 4) is 0 Å². The first-order valence-electron chi connectivity index (χ1n) is 6.07. The molecule has 4 nitrogen and oxygen atoms in total. The lowest BCUT2D eigenvalue weighted by Gasteiger charge is -2.31. The van der Waals surface area contributed by atoms with Crippen molar-refractivity contribution >= 4 is 0 Å². The van der Waals surface area contributed by atoms with Crippen molar-refractivity contribution in [2.75, 3.05) is 46.4 Å². The molecule has 2 heterocycles. The molecule has 88 valence electrons. The van der Waals surface area contributed by atoms with Crippen LogP contribution in [0.15, 0.2) is 0 Å². The summed E-state index contributed by atoms with van der Waals surface area (Å²) >= 11 is 0. The van der Waals surface area contributed by atoms with Crippen LogP contribution in [0.4, 0.5) is 0 Å². The molecule has 2 aliphatic rings. The van der Waals surface area contributed by atoms with Crippen molar-refractivity contribution in [2.24, 2.45) is 0 Å². The fourth-order valence-electron chi connectivity index (χ4n) is 2.27. The lowest BCUT2D eigenvalue weighted by molar-refractivity contribution is 0.0747. The first-order valence-corrected chi connectivity index (χ1v) is 6.07. The first kappa shape index (κ1) is 11.3. The quantitative estimate of drug-likeness (QED) is 0.672. The zero-order valence-electron chi connectivity index (χ0n) is 9.67. The lowest BCUT2D eigenvalue weighted by atomic mass is 10.1. The fraction of sp³-hybridized carbons (Fsp3) is 1.00. The van der Waals surface area contributed by atoms with Crippen molar-refractivity contribution in [2.45, 2.75) is 24.9 Å². The van der Waals surface area contributed by atoms with Gasteiger partial charge in [0.25, 0.3) is 0 Å². The first-order chi connectivity index (χ1) is 7.34. The van der Waals surface area contributed by atoms with Crippen LogP contribution in [-0.2, 0) is 4.74 Å². The Hall–Kier alpha value is -0.160. The predicted octanol–water partition coefficient (Wildman–Crippen LogP) is -0.341. The number of likely N-dealkylation sites (tertiary alicyclic amines) is 1. The second kappa shape index (κ2) is 5.80. The molecule has 0 bridgehead atoms.